The van der Waals surface area contributed by atoms with Gasteiger partial charge in [0.1, 0.15) is 0 Å². The standard InChI is InChI=1S/C12H22N4/c1-9-12(10(2)16(3)15-9)8-13-7-11-5-4-6-14-11/h11,13-14H,4-8H2,1-3H3. The number of hydrogen-bond acceptors (Lipinski definition) is 3. The normalized spacial score (nSPS) is 20.6. The molecular formula is C12H22N4. The van der Waals surface area contributed by atoms with Crippen LogP contribution in [0.15, 0.2) is 0 Å². The predicted molar refractivity (Wildman–Crippen MR) is 65.4 cm³/mol. The second-order valence-corrected chi connectivity index (χ2v) is 4.70. The average molecular weight is 222 g/mol. The van der Waals surface area contributed by atoms with Crippen molar-refractivity contribution < 1.29 is 0 Å². The summed E-state index contributed by atoms with van der Waals surface area (Å²) in [4.78, 5) is 0. The van der Waals surface area contributed by atoms with Crippen LogP contribution in [0.5, 0.6) is 0 Å². The maximum atomic E-state index is 4.42. The van der Waals surface area contributed by atoms with Gasteiger partial charge in [-0.1, -0.05) is 0 Å². The van der Waals surface area contributed by atoms with E-state index in [0.29, 0.717) is 6.04 Å². The van der Waals surface area contributed by atoms with E-state index in [-0.39, 0.29) is 0 Å². The van der Waals surface area contributed by atoms with Crippen molar-refractivity contribution in [2.75, 3.05) is 13.1 Å². The molecule has 90 valence electrons. The lowest BCUT2D eigenvalue weighted by Gasteiger charge is -2.11. The molecule has 1 unspecified atom stereocenters. The summed E-state index contributed by atoms with van der Waals surface area (Å²) in [6, 6.07) is 0.664. The van der Waals surface area contributed by atoms with Gasteiger partial charge in [0.05, 0.1) is 5.69 Å². The Hall–Kier alpha value is -0.870. The van der Waals surface area contributed by atoms with Gasteiger partial charge in [0, 0.05) is 37.4 Å². The fraction of sp³-hybridized carbons (Fsp3) is 0.750. The Morgan fingerprint density at radius 3 is 2.88 bits per heavy atom. The smallest absolute Gasteiger partial charge is 0.0641 e. The van der Waals surface area contributed by atoms with Gasteiger partial charge in [-0.25, -0.2) is 0 Å². The summed E-state index contributed by atoms with van der Waals surface area (Å²) in [5.41, 5.74) is 3.76. The second-order valence-electron chi connectivity index (χ2n) is 4.70. The third-order valence-corrected chi connectivity index (χ3v) is 3.51. The fourth-order valence-electron chi connectivity index (χ4n) is 2.38. The minimum absolute atomic E-state index is 0.664. The number of nitrogens with zero attached hydrogens (tertiary/aromatic N) is 2. The van der Waals surface area contributed by atoms with Gasteiger partial charge in [0.15, 0.2) is 0 Å². The van der Waals surface area contributed by atoms with E-state index >= 15 is 0 Å². The highest BCUT2D eigenvalue weighted by Gasteiger charge is 2.14. The topological polar surface area (TPSA) is 41.9 Å². The van der Waals surface area contributed by atoms with Crippen LogP contribution >= 0.6 is 0 Å². The second kappa shape index (κ2) is 4.97. The molecule has 4 heteroatoms. The minimum Gasteiger partial charge on any atom is -0.313 e. The minimum atomic E-state index is 0.664. The highest BCUT2D eigenvalue weighted by atomic mass is 15.3. The summed E-state index contributed by atoms with van der Waals surface area (Å²) in [6.07, 6.45) is 2.62. The molecule has 0 saturated carbocycles. The maximum absolute atomic E-state index is 4.42. The zero-order valence-electron chi connectivity index (χ0n) is 10.5. The first kappa shape index (κ1) is 11.6. The molecule has 2 rings (SSSR count). The van der Waals surface area contributed by atoms with Crippen LogP contribution in [0.25, 0.3) is 0 Å². The summed E-state index contributed by atoms with van der Waals surface area (Å²) in [7, 11) is 2.00. The molecule has 2 heterocycles. The predicted octanol–water partition coefficient (Wildman–Crippen LogP) is 0.879. The van der Waals surface area contributed by atoms with Crippen molar-refractivity contribution in [1.82, 2.24) is 20.4 Å². The summed E-state index contributed by atoms with van der Waals surface area (Å²) in [6.45, 7) is 7.39. The molecule has 1 aromatic rings. The van der Waals surface area contributed by atoms with Gasteiger partial charge < -0.3 is 10.6 Å². The number of hydrogen-bond donors (Lipinski definition) is 2. The number of rotatable bonds is 4. The lowest BCUT2D eigenvalue weighted by molar-refractivity contribution is 0.534. The first-order valence-electron chi connectivity index (χ1n) is 6.11. The van der Waals surface area contributed by atoms with E-state index in [0.717, 1.165) is 18.8 Å². The van der Waals surface area contributed by atoms with Crippen molar-refractivity contribution in [3.05, 3.63) is 17.0 Å². The van der Waals surface area contributed by atoms with Gasteiger partial charge in [-0.05, 0) is 33.2 Å². The first-order valence-corrected chi connectivity index (χ1v) is 6.11. The Bertz CT molecular complexity index is 350. The molecule has 1 atom stereocenters. The van der Waals surface area contributed by atoms with Crippen molar-refractivity contribution >= 4 is 0 Å². The van der Waals surface area contributed by atoms with Crippen molar-refractivity contribution in [1.29, 1.82) is 0 Å². The highest BCUT2D eigenvalue weighted by molar-refractivity contribution is 5.23. The fourth-order valence-corrected chi connectivity index (χ4v) is 2.38. The molecule has 0 radical (unpaired) electrons. The van der Waals surface area contributed by atoms with Crippen LogP contribution in [-0.4, -0.2) is 28.9 Å². The van der Waals surface area contributed by atoms with E-state index in [1.165, 1.54) is 30.6 Å². The lowest BCUT2D eigenvalue weighted by atomic mass is 10.2. The Morgan fingerprint density at radius 2 is 2.31 bits per heavy atom. The summed E-state index contributed by atoms with van der Waals surface area (Å²) < 4.78 is 1.96. The van der Waals surface area contributed by atoms with Gasteiger partial charge in [-0.3, -0.25) is 4.68 Å². The van der Waals surface area contributed by atoms with Crippen molar-refractivity contribution in [3.63, 3.8) is 0 Å². The van der Waals surface area contributed by atoms with Crippen LogP contribution < -0.4 is 10.6 Å². The summed E-state index contributed by atoms with van der Waals surface area (Å²) in [5.74, 6) is 0. The van der Waals surface area contributed by atoms with E-state index < -0.39 is 0 Å². The van der Waals surface area contributed by atoms with E-state index in [2.05, 4.69) is 29.6 Å². The molecule has 0 spiro atoms. The molecule has 0 amide bonds. The van der Waals surface area contributed by atoms with Crippen LogP contribution in [0.3, 0.4) is 0 Å². The Morgan fingerprint density at radius 1 is 1.50 bits per heavy atom. The van der Waals surface area contributed by atoms with Crippen molar-refractivity contribution in [2.45, 2.75) is 39.3 Å². The van der Waals surface area contributed by atoms with E-state index in [1.54, 1.807) is 0 Å². The zero-order chi connectivity index (χ0) is 11.5. The molecule has 1 saturated heterocycles. The largest absolute Gasteiger partial charge is 0.313 e. The van der Waals surface area contributed by atoms with E-state index in [4.69, 9.17) is 0 Å². The molecule has 1 aliphatic rings. The number of aryl methyl sites for hydroxylation is 2. The van der Waals surface area contributed by atoms with Crippen LogP contribution in [0, 0.1) is 13.8 Å². The van der Waals surface area contributed by atoms with Gasteiger partial charge in [-0.2, -0.15) is 5.10 Å². The van der Waals surface area contributed by atoms with Crippen molar-refractivity contribution in [2.24, 2.45) is 7.05 Å². The number of aromatic nitrogens is 2. The van der Waals surface area contributed by atoms with Gasteiger partial charge in [-0.15, -0.1) is 0 Å². The molecule has 1 aliphatic heterocycles. The van der Waals surface area contributed by atoms with Crippen molar-refractivity contribution in [3.8, 4) is 0 Å². The van der Waals surface area contributed by atoms with E-state index in [9.17, 15) is 0 Å². The Balaban J connectivity index is 1.84. The molecular weight excluding hydrogens is 200 g/mol. The SMILES string of the molecule is Cc1nn(C)c(C)c1CNCC1CCCN1. The third-order valence-electron chi connectivity index (χ3n) is 3.51. The quantitative estimate of drug-likeness (QED) is 0.794. The average Bonchev–Trinajstić information content (AvgIpc) is 2.82. The van der Waals surface area contributed by atoms with Crippen LogP contribution in [-0.2, 0) is 13.6 Å². The van der Waals surface area contributed by atoms with Gasteiger partial charge >= 0.3 is 0 Å². The van der Waals surface area contributed by atoms with E-state index in [1.807, 2.05) is 11.7 Å². The van der Waals surface area contributed by atoms with Crippen LogP contribution in [0.4, 0.5) is 0 Å². The number of nitrogens with one attached hydrogen (secondary N) is 2. The molecule has 4 nitrogen and oxygen atoms in total. The molecule has 1 aromatic heterocycles. The molecule has 16 heavy (non-hydrogen) atoms. The molecule has 1 fully saturated rings. The molecule has 2 N–H and O–H groups in total. The summed E-state index contributed by atoms with van der Waals surface area (Å²) in [5, 5.41) is 11.4. The first-order chi connectivity index (χ1) is 7.68. The Kier molecular flexibility index (Phi) is 3.61. The Labute approximate surface area is 97.4 Å². The molecule has 0 aromatic carbocycles. The maximum Gasteiger partial charge on any atom is 0.0641 e. The van der Waals surface area contributed by atoms with Gasteiger partial charge in [0.25, 0.3) is 0 Å². The monoisotopic (exact) mass is 222 g/mol. The highest BCUT2D eigenvalue weighted by Crippen LogP contribution is 2.11. The third kappa shape index (κ3) is 2.44. The summed E-state index contributed by atoms with van der Waals surface area (Å²) >= 11 is 0. The van der Waals surface area contributed by atoms with Crippen LogP contribution in [0.1, 0.15) is 29.8 Å². The van der Waals surface area contributed by atoms with Crippen LogP contribution in [0.2, 0.25) is 0 Å². The molecule has 0 bridgehead atoms. The lowest BCUT2D eigenvalue weighted by Crippen LogP contribution is -2.33. The zero-order valence-corrected chi connectivity index (χ0v) is 10.5. The molecule has 0 aliphatic carbocycles. The van der Waals surface area contributed by atoms with Gasteiger partial charge in [0.2, 0.25) is 0 Å².